The first-order valence-electron chi connectivity index (χ1n) is 13.6. The van der Waals surface area contributed by atoms with Crippen LogP contribution >= 0.6 is 0 Å². The van der Waals surface area contributed by atoms with Gasteiger partial charge in [0.2, 0.25) is 0 Å². The van der Waals surface area contributed by atoms with Gasteiger partial charge in [-0.3, -0.25) is 0 Å². The molecule has 0 unspecified atom stereocenters. The lowest BCUT2D eigenvalue weighted by Gasteiger charge is -2.61. The molecular weight excluding hydrogens is 364 g/mol. The second-order valence-corrected chi connectivity index (χ2v) is 12.9. The van der Waals surface area contributed by atoms with Crippen LogP contribution in [0.25, 0.3) is 0 Å². The van der Waals surface area contributed by atoms with Gasteiger partial charge in [-0.15, -0.1) is 0 Å². The van der Waals surface area contributed by atoms with Crippen LogP contribution < -0.4 is 0 Å². The molecule has 4 aliphatic carbocycles. The third-order valence-electron chi connectivity index (χ3n) is 11.1. The Kier molecular flexibility index (Phi) is 6.80. The van der Waals surface area contributed by atoms with Gasteiger partial charge in [0.25, 0.3) is 0 Å². The van der Waals surface area contributed by atoms with Gasteiger partial charge in [0, 0.05) is 0 Å². The Morgan fingerprint density at radius 1 is 0.933 bits per heavy atom. The standard InChI is InChI=1S/C29H50O/c1-20(2)7-6-8-21(3)25-11-12-26-24-10-9-23-19-22(15-18-30)13-16-28(23,4)27(24)14-17-29(25,26)5/h15,20-21,23-27,30H,6-14,16-19H2,1-5H3/b22-15-/t21-,23+,24+,25-,26+,27+,28+,29-/m1/s1. The van der Waals surface area contributed by atoms with Crippen molar-refractivity contribution >= 4 is 0 Å². The van der Waals surface area contributed by atoms with E-state index in [1.54, 1.807) is 5.57 Å². The van der Waals surface area contributed by atoms with Crippen LogP contribution in [0.5, 0.6) is 0 Å². The quantitative estimate of drug-likeness (QED) is 0.436. The highest BCUT2D eigenvalue weighted by molar-refractivity contribution is 5.15. The molecule has 1 N–H and O–H groups in total. The molecule has 1 nitrogen and oxygen atoms in total. The Hall–Kier alpha value is -0.300. The fraction of sp³-hybridized carbons (Fsp3) is 0.931. The summed E-state index contributed by atoms with van der Waals surface area (Å²) in [6.07, 6.45) is 19.3. The Morgan fingerprint density at radius 2 is 1.70 bits per heavy atom. The van der Waals surface area contributed by atoms with Crippen LogP contribution in [-0.4, -0.2) is 11.7 Å². The zero-order valence-electron chi connectivity index (χ0n) is 20.8. The number of hydrogen-bond acceptors (Lipinski definition) is 1. The van der Waals surface area contributed by atoms with E-state index >= 15 is 0 Å². The molecule has 8 atom stereocenters. The maximum absolute atomic E-state index is 9.37. The van der Waals surface area contributed by atoms with Crippen LogP contribution in [0.3, 0.4) is 0 Å². The third-order valence-corrected chi connectivity index (χ3v) is 11.1. The van der Waals surface area contributed by atoms with Crippen LogP contribution in [-0.2, 0) is 0 Å². The Bertz CT molecular complexity index is 620. The van der Waals surface area contributed by atoms with Gasteiger partial charge in [-0.2, -0.15) is 0 Å². The number of aliphatic hydroxyl groups is 1. The van der Waals surface area contributed by atoms with Gasteiger partial charge < -0.3 is 5.11 Å². The van der Waals surface area contributed by atoms with Crippen LogP contribution in [0.4, 0.5) is 0 Å². The number of aliphatic hydroxyl groups excluding tert-OH is 1. The number of rotatable bonds is 6. The lowest BCUT2D eigenvalue weighted by atomic mass is 9.44. The van der Waals surface area contributed by atoms with Crippen molar-refractivity contribution in [2.24, 2.45) is 52.3 Å². The highest BCUT2D eigenvalue weighted by atomic mass is 16.2. The fourth-order valence-electron chi connectivity index (χ4n) is 9.45. The summed E-state index contributed by atoms with van der Waals surface area (Å²) in [5.41, 5.74) is 2.74. The average molecular weight is 415 g/mol. The molecular formula is C29H50O. The third kappa shape index (κ3) is 3.95. The average Bonchev–Trinajstić information content (AvgIpc) is 3.05. The second-order valence-electron chi connectivity index (χ2n) is 12.9. The van der Waals surface area contributed by atoms with Crippen molar-refractivity contribution < 1.29 is 5.11 Å². The van der Waals surface area contributed by atoms with Gasteiger partial charge in [-0.1, -0.05) is 65.5 Å². The summed E-state index contributed by atoms with van der Waals surface area (Å²) < 4.78 is 0. The van der Waals surface area contributed by atoms with Crippen molar-refractivity contribution in [1.82, 2.24) is 0 Å². The molecule has 0 aliphatic heterocycles. The predicted molar refractivity (Wildman–Crippen MR) is 128 cm³/mol. The second kappa shape index (κ2) is 8.92. The smallest absolute Gasteiger partial charge is 0.0615 e. The van der Waals surface area contributed by atoms with Crippen molar-refractivity contribution in [3.63, 3.8) is 0 Å². The van der Waals surface area contributed by atoms with Crippen LogP contribution in [0, 0.1) is 52.3 Å². The van der Waals surface area contributed by atoms with E-state index in [0.717, 1.165) is 41.4 Å². The fourth-order valence-corrected chi connectivity index (χ4v) is 9.45. The van der Waals surface area contributed by atoms with E-state index in [9.17, 15) is 5.11 Å². The van der Waals surface area contributed by atoms with E-state index in [4.69, 9.17) is 0 Å². The molecule has 0 aromatic heterocycles. The topological polar surface area (TPSA) is 20.2 Å². The lowest BCUT2D eigenvalue weighted by Crippen LogP contribution is -2.53. The molecule has 0 saturated heterocycles. The van der Waals surface area contributed by atoms with Gasteiger partial charge in [-0.25, -0.2) is 0 Å². The van der Waals surface area contributed by atoms with E-state index < -0.39 is 0 Å². The summed E-state index contributed by atoms with van der Waals surface area (Å²) >= 11 is 0. The first kappa shape index (κ1) is 22.9. The summed E-state index contributed by atoms with van der Waals surface area (Å²) in [6, 6.07) is 0. The van der Waals surface area contributed by atoms with Crippen LogP contribution in [0.1, 0.15) is 112 Å². The van der Waals surface area contributed by atoms with Crippen LogP contribution in [0.2, 0.25) is 0 Å². The SMILES string of the molecule is CC(C)CCC[C@@H](C)[C@H]1CC[C@H]2[C@@H]3CC[C@H]4C/C(=C\CO)CC[C@]4(C)[C@H]3CC[C@]12C. The van der Waals surface area contributed by atoms with Gasteiger partial charge in [-0.05, 0) is 110 Å². The Morgan fingerprint density at radius 3 is 2.43 bits per heavy atom. The number of hydrogen-bond donors (Lipinski definition) is 1. The van der Waals surface area contributed by atoms with Crippen molar-refractivity contribution in [3.8, 4) is 0 Å². The summed E-state index contributed by atoms with van der Waals surface area (Å²) in [4.78, 5) is 0. The molecule has 4 aliphatic rings. The Labute approximate surface area is 187 Å². The minimum Gasteiger partial charge on any atom is -0.392 e. The molecule has 0 radical (unpaired) electrons. The van der Waals surface area contributed by atoms with Crippen molar-refractivity contribution in [3.05, 3.63) is 11.6 Å². The minimum atomic E-state index is 0.238. The largest absolute Gasteiger partial charge is 0.392 e. The zero-order chi connectivity index (χ0) is 21.5. The number of allylic oxidation sites excluding steroid dienone is 1. The molecule has 0 amide bonds. The molecule has 0 bridgehead atoms. The summed E-state index contributed by atoms with van der Waals surface area (Å²) in [7, 11) is 0. The summed E-state index contributed by atoms with van der Waals surface area (Å²) in [5.74, 6) is 6.61. The summed E-state index contributed by atoms with van der Waals surface area (Å²) in [5, 5.41) is 9.37. The minimum absolute atomic E-state index is 0.238. The maximum Gasteiger partial charge on any atom is 0.0615 e. The molecule has 0 heterocycles. The molecule has 30 heavy (non-hydrogen) atoms. The lowest BCUT2D eigenvalue weighted by molar-refractivity contribution is -0.109. The van der Waals surface area contributed by atoms with E-state index in [1.165, 1.54) is 77.0 Å². The highest BCUT2D eigenvalue weighted by Crippen LogP contribution is 2.68. The van der Waals surface area contributed by atoms with Gasteiger partial charge in [0.05, 0.1) is 6.61 Å². The van der Waals surface area contributed by atoms with Crippen LogP contribution in [0.15, 0.2) is 11.6 Å². The summed E-state index contributed by atoms with van der Waals surface area (Å²) in [6.45, 7) is 13.0. The van der Waals surface area contributed by atoms with Crippen molar-refractivity contribution in [2.75, 3.05) is 6.61 Å². The molecule has 172 valence electrons. The van der Waals surface area contributed by atoms with E-state index in [2.05, 4.69) is 40.7 Å². The van der Waals surface area contributed by atoms with E-state index in [0.29, 0.717) is 10.8 Å². The van der Waals surface area contributed by atoms with Crippen molar-refractivity contribution in [1.29, 1.82) is 0 Å². The maximum atomic E-state index is 9.37. The molecule has 0 aromatic carbocycles. The van der Waals surface area contributed by atoms with E-state index in [1.807, 2.05) is 0 Å². The van der Waals surface area contributed by atoms with Gasteiger partial charge in [0.15, 0.2) is 0 Å². The number of fused-ring (bicyclic) bond motifs is 5. The normalized spacial score (nSPS) is 45.8. The highest BCUT2D eigenvalue weighted by Gasteiger charge is 2.60. The monoisotopic (exact) mass is 414 g/mol. The van der Waals surface area contributed by atoms with Gasteiger partial charge in [0.1, 0.15) is 0 Å². The predicted octanol–water partition coefficient (Wildman–Crippen LogP) is 8.03. The first-order valence-corrected chi connectivity index (χ1v) is 13.6. The zero-order valence-corrected chi connectivity index (χ0v) is 20.8. The molecule has 4 rings (SSSR count). The first-order chi connectivity index (χ1) is 14.3. The molecule has 0 spiro atoms. The van der Waals surface area contributed by atoms with Crippen molar-refractivity contribution in [2.45, 2.75) is 112 Å². The molecule has 0 aromatic rings. The molecule has 1 heteroatoms. The Balaban J connectivity index is 1.45. The molecule has 4 saturated carbocycles. The molecule has 4 fully saturated rings. The van der Waals surface area contributed by atoms with Gasteiger partial charge >= 0.3 is 0 Å². The van der Waals surface area contributed by atoms with E-state index in [-0.39, 0.29) is 6.61 Å².